The molecule has 5 nitrogen and oxygen atoms in total. The quantitative estimate of drug-likeness (QED) is 0.812. The molecule has 0 bridgehead atoms. The van der Waals surface area contributed by atoms with Gasteiger partial charge in [0, 0.05) is 31.9 Å². The molecule has 0 spiro atoms. The molecule has 0 saturated carbocycles. The molecule has 1 aliphatic heterocycles. The van der Waals surface area contributed by atoms with Gasteiger partial charge in [0.1, 0.15) is 5.75 Å². The van der Waals surface area contributed by atoms with Gasteiger partial charge in [-0.25, -0.2) is 0 Å². The number of hydrogen-bond donors (Lipinski definition) is 1. The summed E-state index contributed by atoms with van der Waals surface area (Å²) in [5.41, 5.74) is 0.580. The van der Waals surface area contributed by atoms with Gasteiger partial charge in [0.15, 0.2) is 0 Å². The number of carbonyl (C=O) groups is 1. The van der Waals surface area contributed by atoms with Gasteiger partial charge in [-0.1, -0.05) is 0 Å². The fraction of sp³-hybridized carbons (Fsp3) is 0.500. The first-order valence-electron chi connectivity index (χ1n) is 5.73. The zero-order chi connectivity index (χ0) is 12.3. The van der Waals surface area contributed by atoms with Crippen molar-refractivity contribution in [1.82, 2.24) is 15.2 Å². The zero-order valence-corrected chi connectivity index (χ0v) is 10.1. The standard InChI is InChI=1S/C12H17N3O2/c1-9-7-14-5-6-15(9)12(16)10-3-4-13-8-11(10)17-2/h3-4,8-9,14H,5-7H2,1-2H3/t9-/m1/s1. The molecule has 1 N–H and O–H groups in total. The lowest BCUT2D eigenvalue weighted by Crippen LogP contribution is -2.52. The molecular formula is C12H17N3O2. The molecule has 0 unspecified atom stereocenters. The zero-order valence-electron chi connectivity index (χ0n) is 10.1. The van der Waals surface area contributed by atoms with Gasteiger partial charge in [0.25, 0.3) is 5.91 Å². The Bertz CT molecular complexity index is 408. The van der Waals surface area contributed by atoms with Gasteiger partial charge in [-0.15, -0.1) is 0 Å². The van der Waals surface area contributed by atoms with Crippen molar-refractivity contribution in [2.75, 3.05) is 26.7 Å². The summed E-state index contributed by atoms with van der Waals surface area (Å²) in [6.45, 7) is 4.44. The summed E-state index contributed by atoms with van der Waals surface area (Å²) in [5, 5.41) is 3.26. The number of pyridine rings is 1. The number of piperazine rings is 1. The van der Waals surface area contributed by atoms with Crippen LogP contribution in [0.3, 0.4) is 0 Å². The highest BCUT2D eigenvalue weighted by molar-refractivity contribution is 5.97. The molecule has 2 heterocycles. The molecule has 0 aromatic carbocycles. The van der Waals surface area contributed by atoms with Crippen molar-refractivity contribution >= 4 is 5.91 Å². The second-order valence-corrected chi connectivity index (χ2v) is 4.13. The van der Waals surface area contributed by atoms with Crippen molar-refractivity contribution < 1.29 is 9.53 Å². The second-order valence-electron chi connectivity index (χ2n) is 4.13. The highest BCUT2D eigenvalue weighted by Gasteiger charge is 2.25. The van der Waals surface area contributed by atoms with E-state index in [0.29, 0.717) is 11.3 Å². The van der Waals surface area contributed by atoms with Gasteiger partial charge in [0.2, 0.25) is 0 Å². The van der Waals surface area contributed by atoms with Gasteiger partial charge >= 0.3 is 0 Å². The van der Waals surface area contributed by atoms with Gasteiger partial charge in [-0.2, -0.15) is 0 Å². The van der Waals surface area contributed by atoms with Crippen molar-refractivity contribution in [3.05, 3.63) is 24.0 Å². The van der Waals surface area contributed by atoms with E-state index in [9.17, 15) is 4.79 Å². The number of nitrogens with zero attached hydrogens (tertiary/aromatic N) is 2. The number of methoxy groups -OCH3 is 1. The second kappa shape index (κ2) is 5.14. The van der Waals surface area contributed by atoms with E-state index in [1.165, 1.54) is 0 Å². The van der Waals surface area contributed by atoms with Crippen molar-refractivity contribution in [2.24, 2.45) is 0 Å². The molecule has 1 amide bonds. The van der Waals surface area contributed by atoms with Crippen molar-refractivity contribution in [1.29, 1.82) is 0 Å². The smallest absolute Gasteiger partial charge is 0.258 e. The van der Waals surface area contributed by atoms with Crippen molar-refractivity contribution in [2.45, 2.75) is 13.0 Å². The van der Waals surface area contributed by atoms with Crippen LogP contribution in [0, 0.1) is 0 Å². The molecule has 1 fully saturated rings. The molecule has 17 heavy (non-hydrogen) atoms. The Morgan fingerprint density at radius 1 is 1.65 bits per heavy atom. The number of hydrogen-bond acceptors (Lipinski definition) is 4. The van der Waals surface area contributed by atoms with E-state index in [4.69, 9.17) is 4.74 Å². The van der Waals surface area contributed by atoms with E-state index in [1.807, 2.05) is 11.8 Å². The summed E-state index contributed by atoms with van der Waals surface area (Å²) in [7, 11) is 1.55. The normalized spacial score (nSPS) is 20.1. The Labute approximate surface area is 101 Å². The third kappa shape index (κ3) is 2.39. The van der Waals surface area contributed by atoms with Crippen LogP contribution in [-0.2, 0) is 0 Å². The molecule has 1 saturated heterocycles. The number of rotatable bonds is 2. The lowest BCUT2D eigenvalue weighted by Gasteiger charge is -2.34. The molecule has 1 aromatic heterocycles. The Hall–Kier alpha value is -1.62. The summed E-state index contributed by atoms with van der Waals surface area (Å²) in [5.74, 6) is 0.543. The number of amides is 1. The average molecular weight is 235 g/mol. The van der Waals surface area contributed by atoms with Crippen LogP contribution in [0.15, 0.2) is 18.5 Å². The summed E-state index contributed by atoms with van der Waals surface area (Å²) < 4.78 is 5.17. The van der Waals surface area contributed by atoms with E-state index in [2.05, 4.69) is 10.3 Å². The van der Waals surface area contributed by atoms with E-state index in [1.54, 1.807) is 25.6 Å². The lowest BCUT2D eigenvalue weighted by molar-refractivity contribution is 0.0652. The fourth-order valence-corrected chi connectivity index (χ4v) is 2.02. The minimum absolute atomic E-state index is 0.0123. The number of ether oxygens (including phenoxy) is 1. The first-order valence-corrected chi connectivity index (χ1v) is 5.73. The topological polar surface area (TPSA) is 54.5 Å². The van der Waals surface area contributed by atoms with Crippen LogP contribution in [-0.4, -0.2) is 48.6 Å². The molecule has 1 aliphatic rings. The van der Waals surface area contributed by atoms with Gasteiger partial charge in [0.05, 0.1) is 18.9 Å². The Kier molecular flexibility index (Phi) is 3.58. The van der Waals surface area contributed by atoms with E-state index in [0.717, 1.165) is 19.6 Å². The van der Waals surface area contributed by atoms with Crippen LogP contribution in [0.5, 0.6) is 5.75 Å². The molecule has 5 heteroatoms. The summed E-state index contributed by atoms with van der Waals surface area (Å²) in [4.78, 5) is 18.2. The third-order valence-corrected chi connectivity index (χ3v) is 3.00. The predicted molar refractivity (Wildman–Crippen MR) is 64.2 cm³/mol. The van der Waals surface area contributed by atoms with Crippen LogP contribution in [0.25, 0.3) is 0 Å². The maximum atomic E-state index is 12.4. The Balaban J connectivity index is 2.23. The van der Waals surface area contributed by atoms with E-state index >= 15 is 0 Å². The monoisotopic (exact) mass is 235 g/mol. The average Bonchev–Trinajstić information content (AvgIpc) is 2.38. The number of aromatic nitrogens is 1. The minimum Gasteiger partial charge on any atom is -0.494 e. The third-order valence-electron chi connectivity index (χ3n) is 3.00. The van der Waals surface area contributed by atoms with Gasteiger partial charge in [-0.05, 0) is 13.0 Å². The van der Waals surface area contributed by atoms with Crippen LogP contribution in [0.1, 0.15) is 17.3 Å². The van der Waals surface area contributed by atoms with Crippen molar-refractivity contribution in [3.8, 4) is 5.75 Å². The maximum Gasteiger partial charge on any atom is 0.258 e. The largest absolute Gasteiger partial charge is 0.494 e. The first kappa shape index (κ1) is 11.9. The minimum atomic E-state index is 0.0123. The molecule has 0 radical (unpaired) electrons. The Morgan fingerprint density at radius 2 is 2.47 bits per heavy atom. The number of nitrogens with one attached hydrogen (secondary N) is 1. The highest BCUT2D eigenvalue weighted by Crippen LogP contribution is 2.19. The molecule has 0 aliphatic carbocycles. The highest BCUT2D eigenvalue weighted by atomic mass is 16.5. The number of carbonyl (C=O) groups excluding carboxylic acids is 1. The summed E-state index contributed by atoms with van der Waals surface area (Å²) in [6.07, 6.45) is 3.18. The molecular weight excluding hydrogens is 218 g/mol. The first-order chi connectivity index (χ1) is 8.24. The van der Waals surface area contributed by atoms with Gasteiger partial charge < -0.3 is 15.0 Å². The van der Waals surface area contributed by atoms with Crippen LogP contribution < -0.4 is 10.1 Å². The Morgan fingerprint density at radius 3 is 3.18 bits per heavy atom. The maximum absolute atomic E-state index is 12.4. The van der Waals surface area contributed by atoms with Gasteiger partial charge in [-0.3, -0.25) is 9.78 Å². The molecule has 1 atom stereocenters. The summed E-state index contributed by atoms with van der Waals surface area (Å²) >= 11 is 0. The fourth-order valence-electron chi connectivity index (χ4n) is 2.02. The molecule has 1 aromatic rings. The lowest BCUT2D eigenvalue weighted by atomic mass is 10.1. The molecule has 2 rings (SSSR count). The van der Waals surface area contributed by atoms with Crippen LogP contribution in [0.4, 0.5) is 0 Å². The van der Waals surface area contributed by atoms with Crippen LogP contribution in [0.2, 0.25) is 0 Å². The SMILES string of the molecule is COc1cnccc1C(=O)N1CCNC[C@H]1C. The van der Waals surface area contributed by atoms with E-state index < -0.39 is 0 Å². The summed E-state index contributed by atoms with van der Waals surface area (Å²) in [6, 6.07) is 1.91. The molecule has 92 valence electrons. The van der Waals surface area contributed by atoms with Crippen LogP contribution >= 0.6 is 0 Å². The predicted octanol–water partition coefficient (Wildman–Crippen LogP) is 0.524. The van der Waals surface area contributed by atoms with Crippen molar-refractivity contribution in [3.63, 3.8) is 0 Å². The van der Waals surface area contributed by atoms with E-state index in [-0.39, 0.29) is 11.9 Å².